The number of carbonyl (C=O) groups excluding carboxylic acids is 4. The van der Waals surface area contributed by atoms with Crippen molar-refractivity contribution < 1.29 is 28.3 Å². The Kier molecular flexibility index (Phi) is 8.38. The Bertz CT molecular complexity index is 1440. The molecule has 2 aromatic carbocycles. The van der Waals surface area contributed by atoms with Gasteiger partial charge in [0.1, 0.15) is 17.1 Å². The number of aromatic amines is 1. The van der Waals surface area contributed by atoms with Gasteiger partial charge in [0.2, 0.25) is 0 Å². The van der Waals surface area contributed by atoms with Crippen LogP contribution in [0.2, 0.25) is 5.02 Å². The average Bonchev–Trinajstić information content (AvgIpc) is 3.54. The van der Waals surface area contributed by atoms with Crippen molar-refractivity contribution in [2.45, 2.75) is 38.8 Å². The normalized spacial score (nSPS) is 14.9. The van der Waals surface area contributed by atoms with Gasteiger partial charge in [-0.15, -0.1) is 0 Å². The van der Waals surface area contributed by atoms with Gasteiger partial charge in [0.05, 0.1) is 16.9 Å². The van der Waals surface area contributed by atoms with E-state index in [9.17, 15) is 23.6 Å². The summed E-state index contributed by atoms with van der Waals surface area (Å²) in [5, 5.41) is 8.11. The van der Waals surface area contributed by atoms with E-state index >= 15 is 0 Å². The molecule has 0 radical (unpaired) electrons. The summed E-state index contributed by atoms with van der Waals surface area (Å²) >= 11 is 5.94. The van der Waals surface area contributed by atoms with Crippen molar-refractivity contribution in [2.24, 2.45) is 0 Å². The van der Waals surface area contributed by atoms with Gasteiger partial charge in [-0.2, -0.15) is 0 Å². The number of hydrogen-bond acceptors (Lipinski definition) is 6. The van der Waals surface area contributed by atoms with Crippen LogP contribution in [0.3, 0.4) is 0 Å². The van der Waals surface area contributed by atoms with E-state index in [1.165, 1.54) is 17.3 Å². The van der Waals surface area contributed by atoms with Crippen LogP contribution in [-0.4, -0.2) is 63.4 Å². The number of halogens is 2. The zero-order valence-electron chi connectivity index (χ0n) is 22.0. The minimum absolute atomic E-state index is 0.0199. The van der Waals surface area contributed by atoms with Gasteiger partial charge in [-0.05, 0) is 69.7 Å². The second kappa shape index (κ2) is 11.7. The molecule has 1 atom stereocenters. The number of rotatable bonds is 6. The molecule has 0 bridgehead atoms. The Hall–Kier alpha value is -4.45. The Morgan fingerprint density at radius 2 is 1.68 bits per heavy atom. The van der Waals surface area contributed by atoms with Gasteiger partial charge in [0.25, 0.3) is 17.7 Å². The van der Waals surface area contributed by atoms with Crippen LogP contribution < -0.4 is 16.0 Å². The number of likely N-dealkylation sites (tertiary alicyclic amines) is 1. The number of H-pyrrole nitrogens is 1. The SMILES string of the molecule is CC(C)(C)OC(=O)N1CC[C@@H](NC(=O)c2[nH]cnc2C(=O)Nc2ccc(NC(=O)c3ccc(F)cc3Cl)cc2)C1. The molecule has 1 aliphatic heterocycles. The Morgan fingerprint density at radius 1 is 1.02 bits per heavy atom. The van der Waals surface area contributed by atoms with Gasteiger partial charge in [0.15, 0.2) is 5.69 Å². The first-order chi connectivity index (χ1) is 18.9. The first-order valence-corrected chi connectivity index (χ1v) is 12.8. The third-order valence-corrected chi connectivity index (χ3v) is 6.15. The minimum atomic E-state index is -0.622. The summed E-state index contributed by atoms with van der Waals surface area (Å²) in [5.74, 6) is -2.23. The molecular weight excluding hydrogens is 543 g/mol. The summed E-state index contributed by atoms with van der Waals surface area (Å²) < 4.78 is 18.6. The monoisotopic (exact) mass is 570 g/mol. The van der Waals surface area contributed by atoms with E-state index in [1.807, 2.05) is 0 Å². The zero-order valence-corrected chi connectivity index (χ0v) is 22.8. The lowest BCUT2D eigenvalue weighted by molar-refractivity contribution is 0.0289. The maximum Gasteiger partial charge on any atom is 0.410 e. The molecule has 4 amide bonds. The Labute approximate surface area is 234 Å². The number of anilines is 2. The maximum atomic E-state index is 13.2. The predicted molar refractivity (Wildman–Crippen MR) is 146 cm³/mol. The summed E-state index contributed by atoms with van der Waals surface area (Å²) in [4.78, 5) is 58.7. The van der Waals surface area contributed by atoms with Crippen molar-refractivity contribution in [1.29, 1.82) is 0 Å². The highest BCUT2D eigenvalue weighted by molar-refractivity contribution is 6.34. The van der Waals surface area contributed by atoms with E-state index in [4.69, 9.17) is 16.3 Å². The van der Waals surface area contributed by atoms with E-state index in [0.717, 1.165) is 12.1 Å². The van der Waals surface area contributed by atoms with Crippen molar-refractivity contribution in [3.05, 3.63) is 76.6 Å². The van der Waals surface area contributed by atoms with Crippen molar-refractivity contribution in [2.75, 3.05) is 23.7 Å². The van der Waals surface area contributed by atoms with Crippen LogP contribution in [0.5, 0.6) is 0 Å². The molecule has 40 heavy (non-hydrogen) atoms. The van der Waals surface area contributed by atoms with E-state index in [1.54, 1.807) is 45.0 Å². The lowest BCUT2D eigenvalue weighted by Crippen LogP contribution is -2.40. The molecule has 1 saturated heterocycles. The molecular formula is C27H28ClFN6O5. The highest BCUT2D eigenvalue weighted by atomic mass is 35.5. The highest BCUT2D eigenvalue weighted by Crippen LogP contribution is 2.21. The van der Waals surface area contributed by atoms with E-state index in [2.05, 4.69) is 25.9 Å². The van der Waals surface area contributed by atoms with E-state index in [-0.39, 0.29) is 34.6 Å². The molecule has 2 heterocycles. The molecule has 0 unspecified atom stereocenters. The lowest BCUT2D eigenvalue weighted by Gasteiger charge is -2.24. The number of nitrogens with zero attached hydrogens (tertiary/aromatic N) is 2. The lowest BCUT2D eigenvalue weighted by atomic mass is 10.2. The van der Waals surface area contributed by atoms with Crippen LogP contribution in [0.1, 0.15) is 58.5 Å². The predicted octanol–water partition coefficient (Wildman–Crippen LogP) is 4.45. The van der Waals surface area contributed by atoms with Gasteiger partial charge in [-0.1, -0.05) is 11.6 Å². The van der Waals surface area contributed by atoms with Crippen LogP contribution in [0.15, 0.2) is 48.8 Å². The molecule has 13 heteroatoms. The van der Waals surface area contributed by atoms with E-state index in [0.29, 0.717) is 24.3 Å². The second-order valence-electron chi connectivity index (χ2n) is 10.1. The van der Waals surface area contributed by atoms with Crippen LogP contribution >= 0.6 is 11.6 Å². The standard InChI is InChI=1S/C27H28ClFN6O5/c1-27(2,3)40-26(39)35-11-10-18(13-35)34-25(38)22-21(30-14-31-22)24(37)33-17-7-5-16(6-8-17)32-23(36)19-9-4-15(29)12-20(19)28/h4-9,12,14,18H,10-11,13H2,1-3H3,(H,30,31)(H,32,36)(H,33,37)(H,34,38)/t18-/m1/s1. The van der Waals surface area contributed by atoms with Crippen LogP contribution in [0.25, 0.3) is 0 Å². The smallest absolute Gasteiger partial charge is 0.410 e. The van der Waals surface area contributed by atoms with Crippen LogP contribution in [0, 0.1) is 5.82 Å². The summed E-state index contributed by atoms with van der Waals surface area (Å²) in [6.07, 6.45) is 1.33. The molecule has 1 aliphatic rings. The number of nitrogens with one attached hydrogen (secondary N) is 4. The Morgan fingerprint density at radius 3 is 2.30 bits per heavy atom. The highest BCUT2D eigenvalue weighted by Gasteiger charge is 2.32. The van der Waals surface area contributed by atoms with Gasteiger partial charge in [-0.3, -0.25) is 14.4 Å². The fraction of sp³-hybridized carbons (Fsp3) is 0.296. The molecule has 0 aliphatic carbocycles. The van der Waals surface area contributed by atoms with Crippen molar-refractivity contribution >= 4 is 46.8 Å². The second-order valence-corrected chi connectivity index (χ2v) is 10.5. The summed E-state index contributed by atoms with van der Waals surface area (Å²) in [6.45, 7) is 6.06. The zero-order chi connectivity index (χ0) is 29.0. The van der Waals surface area contributed by atoms with Gasteiger partial charge < -0.3 is 30.6 Å². The molecule has 1 fully saturated rings. The summed E-state index contributed by atoms with van der Waals surface area (Å²) in [7, 11) is 0. The first kappa shape index (κ1) is 28.6. The van der Waals surface area contributed by atoms with E-state index < -0.39 is 35.2 Å². The molecule has 0 saturated carbocycles. The average molecular weight is 571 g/mol. The summed E-state index contributed by atoms with van der Waals surface area (Å²) in [5.41, 5.74) is 0.167. The third kappa shape index (κ3) is 7.14. The van der Waals surface area contributed by atoms with Crippen molar-refractivity contribution in [3.63, 3.8) is 0 Å². The van der Waals surface area contributed by atoms with Crippen LogP contribution in [-0.2, 0) is 4.74 Å². The topological polar surface area (TPSA) is 146 Å². The van der Waals surface area contributed by atoms with Gasteiger partial charge >= 0.3 is 6.09 Å². The largest absolute Gasteiger partial charge is 0.444 e. The number of aromatic nitrogens is 2. The molecule has 4 N–H and O–H groups in total. The van der Waals surface area contributed by atoms with Crippen molar-refractivity contribution in [3.8, 4) is 0 Å². The molecule has 0 spiro atoms. The number of benzene rings is 2. The fourth-order valence-electron chi connectivity index (χ4n) is 3.97. The molecule has 210 valence electrons. The first-order valence-electron chi connectivity index (χ1n) is 12.4. The van der Waals surface area contributed by atoms with Crippen LogP contribution in [0.4, 0.5) is 20.6 Å². The fourth-order valence-corrected chi connectivity index (χ4v) is 4.22. The van der Waals surface area contributed by atoms with Gasteiger partial charge in [-0.25, -0.2) is 14.2 Å². The Balaban J connectivity index is 1.33. The third-order valence-electron chi connectivity index (χ3n) is 5.83. The molecule has 1 aromatic heterocycles. The minimum Gasteiger partial charge on any atom is -0.444 e. The quantitative estimate of drug-likeness (QED) is 0.344. The number of imidazole rings is 1. The van der Waals surface area contributed by atoms with Crippen molar-refractivity contribution in [1.82, 2.24) is 20.2 Å². The molecule has 3 aromatic rings. The van der Waals surface area contributed by atoms with Gasteiger partial charge in [0, 0.05) is 30.5 Å². The summed E-state index contributed by atoms with van der Waals surface area (Å²) in [6, 6.07) is 9.36. The number of amides is 4. The number of hydrogen-bond donors (Lipinski definition) is 4. The maximum absolute atomic E-state index is 13.2. The number of carbonyl (C=O) groups is 4. The number of ether oxygens (including phenoxy) is 1. The molecule has 11 nitrogen and oxygen atoms in total. The molecule has 4 rings (SSSR count).